The molecule has 3 aromatic rings. The molecule has 4 nitrogen and oxygen atoms in total. The Hall–Kier alpha value is -2.43. The molecule has 0 atom stereocenters. The summed E-state index contributed by atoms with van der Waals surface area (Å²) in [4.78, 5) is 1.36. The van der Waals surface area contributed by atoms with E-state index in [0.29, 0.717) is 16.7 Å². The Morgan fingerprint density at radius 2 is 1.73 bits per heavy atom. The van der Waals surface area contributed by atoms with Gasteiger partial charge in [-0.3, -0.25) is 0 Å². The number of fused-ring (bicyclic) bond motifs is 1. The number of rotatable bonds is 1. The third kappa shape index (κ3) is 2.43. The van der Waals surface area contributed by atoms with E-state index in [2.05, 4.69) is 10.2 Å². The van der Waals surface area contributed by atoms with Gasteiger partial charge in [0.2, 0.25) is 0 Å². The van der Waals surface area contributed by atoms with E-state index in [1.165, 1.54) is 16.9 Å². The van der Waals surface area contributed by atoms with Crippen molar-refractivity contribution >= 4 is 11.0 Å². The first-order valence-corrected chi connectivity index (χ1v) is 7.13. The lowest BCUT2D eigenvalue weighted by atomic mass is 9.85. The summed E-state index contributed by atoms with van der Waals surface area (Å²) in [5.74, 6) is -0.206. The molecule has 114 valence electrons. The highest BCUT2D eigenvalue weighted by atomic mass is 19.1. The van der Waals surface area contributed by atoms with Crippen LogP contribution in [0.1, 0.15) is 31.9 Å². The SMILES string of the molecule is Cc1cc(-n2nc3ccc(F)cc3n2)c(O)c(C(C)(C)C)c1. The van der Waals surface area contributed by atoms with Gasteiger partial charge in [-0.05, 0) is 36.1 Å². The van der Waals surface area contributed by atoms with Gasteiger partial charge in [-0.25, -0.2) is 4.39 Å². The van der Waals surface area contributed by atoms with Crippen LogP contribution in [0.4, 0.5) is 4.39 Å². The zero-order chi connectivity index (χ0) is 16.1. The minimum atomic E-state index is -0.358. The number of hydrogen-bond donors (Lipinski definition) is 1. The van der Waals surface area contributed by atoms with Gasteiger partial charge in [-0.1, -0.05) is 26.8 Å². The molecule has 0 saturated heterocycles. The molecule has 0 aliphatic heterocycles. The third-order valence-corrected chi connectivity index (χ3v) is 3.60. The second-order valence-electron chi connectivity index (χ2n) is 6.55. The van der Waals surface area contributed by atoms with E-state index in [4.69, 9.17) is 0 Å². The van der Waals surface area contributed by atoms with Crippen molar-refractivity contribution in [2.75, 3.05) is 0 Å². The Bertz CT molecular complexity index is 862. The van der Waals surface area contributed by atoms with Gasteiger partial charge in [0, 0.05) is 11.6 Å². The zero-order valence-electron chi connectivity index (χ0n) is 13.1. The van der Waals surface area contributed by atoms with E-state index in [0.717, 1.165) is 11.1 Å². The van der Waals surface area contributed by atoms with E-state index < -0.39 is 0 Å². The first kappa shape index (κ1) is 14.5. The summed E-state index contributed by atoms with van der Waals surface area (Å²) in [7, 11) is 0. The van der Waals surface area contributed by atoms with Crippen molar-refractivity contribution in [3.05, 3.63) is 47.3 Å². The second kappa shape index (κ2) is 4.80. The molecule has 0 bridgehead atoms. The van der Waals surface area contributed by atoms with E-state index in [9.17, 15) is 9.50 Å². The molecule has 5 heteroatoms. The largest absolute Gasteiger partial charge is 0.505 e. The van der Waals surface area contributed by atoms with Crippen LogP contribution in [0, 0.1) is 12.7 Å². The summed E-state index contributed by atoms with van der Waals surface area (Å²) in [6, 6.07) is 8.03. The number of nitrogens with zero attached hydrogens (tertiary/aromatic N) is 3. The average molecular weight is 299 g/mol. The van der Waals surface area contributed by atoms with Gasteiger partial charge in [0.25, 0.3) is 0 Å². The average Bonchev–Trinajstić information content (AvgIpc) is 2.82. The van der Waals surface area contributed by atoms with E-state index in [-0.39, 0.29) is 17.0 Å². The van der Waals surface area contributed by atoms with Crippen LogP contribution in [0.5, 0.6) is 5.75 Å². The van der Waals surface area contributed by atoms with Gasteiger partial charge in [-0.2, -0.15) is 0 Å². The second-order valence-corrected chi connectivity index (χ2v) is 6.55. The van der Waals surface area contributed by atoms with Crippen molar-refractivity contribution in [1.29, 1.82) is 0 Å². The first-order chi connectivity index (χ1) is 10.3. The Labute approximate surface area is 128 Å². The number of phenols is 1. The highest BCUT2D eigenvalue weighted by molar-refractivity contribution is 5.74. The van der Waals surface area contributed by atoms with E-state index in [1.54, 1.807) is 6.07 Å². The van der Waals surface area contributed by atoms with E-state index >= 15 is 0 Å². The molecule has 0 aliphatic carbocycles. The summed E-state index contributed by atoms with van der Waals surface area (Å²) in [5, 5.41) is 19.2. The van der Waals surface area contributed by atoms with Gasteiger partial charge in [0.05, 0.1) is 0 Å². The van der Waals surface area contributed by atoms with E-state index in [1.807, 2.05) is 39.8 Å². The topological polar surface area (TPSA) is 50.9 Å². The molecule has 0 spiro atoms. The maximum atomic E-state index is 13.3. The van der Waals surface area contributed by atoms with Gasteiger partial charge in [0.15, 0.2) is 0 Å². The van der Waals surface area contributed by atoms with Crippen molar-refractivity contribution in [3.8, 4) is 11.4 Å². The van der Waals surface area contributed by atoms with Crippen LogP contribution in [0.3, 0.4) is 0 Å². The molecular weight excluding hydrogens is 281 g/mol. The molecule has 0 amide bonds. The summed E-state index contributed by atoms with van der Waals surface area (Å²) in [6.45, 7) is 8.07. The molecular formula is C17H18FN3O. The van der Waals surface area contributed by atoms with Crippen LogP contribution in [0.25, 0.3) is 16.7 Å². The summed E-state index contributed by atoms with van der Waals surface area (Å²) in [5.41, 5.74) is 3.17. The Morgan fingerprint density at radius 1 is 1.05 bits per heavy atom. The van der Waals surface area contributed by atoms with Crippen LogP contribution >= 0.6 is 0 Å². The maximum absolute atomic E-state index is 13.3. The summed E-state index contributed by atoms with van der Waals surface area (Å²) in [6.07, 6.45) is 0. The predicted octanol–water partition coefficient (Wildman–Crippen LogP) is 3.87. The minimum Gasteiger partial charge on any atom is -0.505 e. The molecule has 1 heterocycles. The van der Waals surface area contributed by atoms with Crippen LogP contribution < -0.4 is 0 Å². The lowest BCUT2D eigenvalue weighted by molar-refractivity contribution is 0.440. The van der Waals surface area contributed by atoms with Crippen molar-refractivity contribution < 1.29 is 9.50 Å². The number of phenolic OH excluding ortho intramolecular Hbond substituents is 1. The lowest BCUT2D eigenvalue weighted by Gasteiger charge is -2.22. The number of benzene rings is 2. The Morgan fingerprint density at radius 3 is 2.41 bits per heavy atom. The number of aromatic hydroxyl groups is 1. The number of hydrogen-bond acceptors (Lipinski definition) is 3. The minimum absolute atomic E-state index is 0.152. The third-order valence-electron chi connectivity index (χ3n) is 3.60. The highest BCUT2D eigenvalue weighted by Crippen LogP contribution is 2.36. The quantitative estimate of drug-likeness (QED) is 0.742. The van der Waals surface area contributed by atoms with Crippen LogP contribution in [-0.2, 0) is 5.41 Å². The fraction of sp³-hybridized carbons (Fsp3) is 0.294. The van der Waals surface area contributed by atoms with Crippen LogP contribution in [-0.4, -0.2) is 20.1 Å². The van der Waals surface area contributed by atoms with Crippen LogP contribution in [0.2, 0.25) is 0 Å². The summed E-state index contributed by atoms with van der Waals surface area (Å²) >= 11 is 0. The molecule has 1 N–H and O–H groups in total. The van der Waals surface area contributed by atoms with Crippen molar-refractivity contribution in [1.82, 2.24) is 15.0 Å². The molecule has 0 fully saturated rings. The number of aromatic nitrogens is 3. The molecule has 0 radical (unpaired) electrons. The Balaban J connectivity index is 2.24. The van der Waals surface area contributed by atoms with Gasteiger partial charge >= 0.3 is 0 Å². The molecule has 3 rings (SSSR count). The fourth-order valence-electron chi connectivity index (χ4n) is 2.48. The number of halogens is 1. The molecule has 0 unspecified atom stereocenters. The smallest absolute Gasteiger partial charge is 0.146 e. The fourth-order valence-corrected chi connectivity index (χ4v) is 2.48. The lowest BCUT2D eigenvalue weighted by Crippen LogP contribution is -2.13. The maximum Gasteiger partial charge on any atom is 0.146 e. The normalized spacial score (nSPS) is 12.0. The standard InChI is InChI=1S/C17H18FN3O/c1-10-7-12(17(2,3)4)16(22)15(8-10)21-19-13-6-5-11(18)9-14(13)20-21/h5-9,22H,1-4H3. The number of aryl methyl sites for hydroxylation is 1. The van der Waals surface area contributed by atoms with Gasteiger partial charge in [0.1, 0.15) is 28.3 Å². The van der Waals surface area contributed by atoms with Crippen molar-refractivity contribution in [3.63, 3.8) is 0 Å². The molecule has 0 aliphatic rings. The zero-order valence-corrected chi connectivity index (χ0v) is 13.1. The molecule has 22 heavy (non-hydrogen) atoms. The Kier molecular flexibility index (Phi) is 3.16. The predicted molar refractivity (Wildman–Crippen MR) is 83.9 cm³/mol. The monoisotopic (exact) mass is 299 g/mol. The highest BCUT2D eigenvalue weighted by Gasteiger charge is 2.22. The van der Waals surface area contributed by atoms with Crippen molar-refractivity contribution in [2.24, 2.45) is 0 Å². The van der Waals surface area contributed by atoms with Gasteiger partial charge in [-0.15, -0.1) is 15.0 Å². The molecule has 0 saturated carbocycles. The summed E-state index contributed by atoms with van der Waals surface area (Å²) < 4.78 is 13.3. The molecule has 1 aromatic heterocycles. The van der Waals surface area contributed by atoms with Crippen molar-refractivity contribution in [2.45, 2.75) is 33.1 Å². The first-order valence-electron chi connectivity index (χ1n) is 7.13. The molecule has 2 aromatic carbocycles. The van der Waals surface area contributed by atoms with Gasteiger partial charge < -0.3 is 5.11 Å². The van der Waals surface area contributed by atoms with Crippen LogP contribution in [0.15, 0.2) is 30.3 Å².